The van der Waals surface area contributed by atoms with Crippen molar-refractivity contribution < 1.29 is 13.9 Å². The average Bonchev–Trinajstić information content (AvgIpc) is 3.62. The monoisotopic (exact) mass is 492 g/mol. The first kappa shape index (κ1) is 24.1. The Hall–Kier alpha value is -3.66. The Morgan fingerprint density at radius 3 is 2.67 bits per heavy atom. The number of furan rings is 1. The van der Waals surface area contributed by atoms with E-state index in [-0.39, 0.29) is 35.8 Å². The summed E-state index contributed by atoms with van der Waals surface area (Å²) in [5, 5.41) is 17.3. The Labute approximate surface area is 209 Å². The van der Waals surface area contributed by atoms with Crippen molar-refractivity contribution in [2.75, 3.05) is 6.79 Å². The van der Waals surface area contributed by atoms with E-state index in [1.165, 1.54) is 0 Å². The number of ether oxygens (including phenoxy) is 2. The van der Waals surface area contributed by atoms with Gasteiger partial charge in [0.15, 0.2) is 17.3 Å². The molecule has 4 heterocycles. The lowest BCUT2D eigenvalue weighted by atomic mass is 9.85. The van der Waals surface area contributed by atoms with Gasteiger partial charge in [0.25, 0.3) is 5.56 Å². The highest BCUT2D eigenvalue weighted by atomic mass is 16.7. The molecule has 1 aliphatic rings. The summed E-state index contributed by atoms with van der Waals surface area (Å²) in [6, 6.07) is 9.12. The number of tetrazole rings is 1. The molecule has 0 bridgehead atoms. The maximum Gasteiger partial charge on any atom is 0.252 e. The predicted octanol–water partition coefficient (Wildman–Crippen LogP) is 4.25. The predicted molar refractivity (Wildman–Crippen MR) is 134 cm³/mol. The molecular formula is C26H32N6O4. The fourth-order valence-electron chi connectivity index (χ4n) is 4.68. The Balaban J connectivity index is 1.50. The SMILES string of the molecule is CCC(C)(C)n1nnnc1C(C(C)C)C(NCc1cc2cc3c(cc2[nH]c1=O)OCO3)c1ccco1. The van der Waals surface area contributed by atoms with Gasteiger partial charge in [-0.1, -0.05) is 20.8 Å². The molecule has 2 atom stereocenters. The van der Waals surface area contributed by atoms with Gasteiger partial charge in [-0.05, 0) is 60.9 Å². The molecule has 10 heteroatoms. The third-order valence-corrected chi connectivity index (χ3v) is 7.08. The molecule has 190 valence electrons. The van der Waals surface area contributed by atoms with Crippen molar-refractivity contribution in [1.82, 2.24) is 30.5 Å². The van der Waals surface area contributed by atoms with Crippen LogP contribution < -0.4 is 20.3 Å². The van der Waals surface area contributed by atoms with Crippen LogP contribution >= 0.6 is 0 Å². The largest absolute Gasteiger partial charge is 0.468 e. The van der Waals surface area contributed by atoms with Crippen LogP contribution in [-0.2, 0) is 12.1 Å². The maximum absolute atomic E-state index is 13.0. The van der Waals surface area contributed by atoms with Gasteiger partial charge < -0.3 is 24.2 Å². The smallest absolute Gasteiger partial charge is 0.252 e. The number of benzene rings is 1. The molecule has 36 heavy (non-hydrogen) atoms. The minimum Gasteiger partial charge on any atom is -0.468 e. The highest BCUT2D eigenvalue weighted by Gasteiger charge is 2.36. The zero-order valence-electron chi connectivity index (χ0n) is 21.2. The lowest BCUT2D eigenvalue weighted by Gasteiger charge is -2.32. The Bertz CT molecular complexity index is 1410. The molecule has 0 spiro atoms. The number of aromatic nitrogens is 5. The van der Waals surface area contributed by atoms with Crippen molar-refractivity contribution >= 4 is 10.9 Å². The van der Waals surface area contributed by atoms with E-state index in [9.17, 15) is 4.79 Å². The highest BCUT2D eigenvalue weighted by molar-refractivity contribution is 5.83. The topological polar surface area (TPSA) is 120 Å². The van der Waals surface area contributed by atoms with Crippen LogP contribution in [0.3, 0.4) is 0 Å². The minimum absolute atomic E-state index is 0.106. The van der Waals surface area contributed by atoms with Gasteiger partial charge in [-0.3, -0.25) is 4.79 Å². The molecule has 2 unspecified atom stereocenters. The first-order valence-electron chi connectivity index (χ1n) is 12.3. The lowest BCUT2D eigenvalue weighted by Crippen LogP contribution is -2.36. The summed E-state index contributed by atoms with van der Waals surface area (Å²) in [6.07, 6.45) is 2.53. The molecule has 5 rings (SSSR count). The average molecular weight is 493 g/mol. The molecule has 4 aromatic rings. The van der Waals surface area contributed by atoms with Crippen molar-refractivity contribution in [1.29, 1.82) is 0 Å². The zero-order chi connectivity index (χ0) is 25.4. The van der Waals surface area contributed by atoms with Crippen LogP contribution in [0.1, 0.15) is 70.1 Å². The van der Waals surface area contributed by atoms with E-state index in [1.807, 2.05) is 28.9 Å². The van der Waals surface area contributed by atoms with Crippen LogP contribution in [0.4, 0.5) is 0 Å². The van der Waals surface area contributed by atoms with Gasteiger partial charge in [0.2, 0.25) is 6.79 Å². The minimum atomic E-state index is -0.260. The van der Waals surface area contributed by atoms with Crippen LogP contribution in [0.2, 0.25) is 0 Å². The number of pyridine rings is 1. The second kappa shape index (κ2) is 9.42. The maximum atomic E-state index is 13.0. The lowest BCUT2D eigenvalue weighted by molar-refractivity contribution is 0.174. The molecule has 3 aromatic heterocycles. The van der Waals surface area contributed by atoms with Crippen LogP contribution in [0.25, 0.3) is 10.9 Å². The number of hydrogen-bond donors (Lipinski definition) is 2. The Morgan fingerprint density at radius 2 is 1.97 bits per heavy atom. The summed E-state index contributed by atoms with van der Waals surface area (Å²) in [6.45, 7) is 11.2. The van der Waals surface area contributed by atoms with Crippen molar-refractivity contribution in [3.8, 4) is 11.5 Å². The molecule has 0 saturated heterocycles. The van der Waals surface area contributed by atoms with E-state index in [0.717, 1.165) is 23.4 Å². The van der Waals surface area contributed by atoms with E-state index >= 15 is 0 Å². The van der Waals surface area contributed by atoms with Gasteiger partial charge in [0.1, 0.15) is 5.76 Å². The van der Waals surface area contributed by atoms with Gasteiger partial charge in [-0.25, -0.2) is 4.68 Å². The summed E-state index contributed by atoms with van der Waals surface area (Å²) in [5.74, 6) is 2.93. The van der Waals surface area contributed by atoms with Crippen molar-refractivity contribution in [3.63, 3.8) is 0 Å². The van der Waals surface area contributed by atoms with Crippen LogP contribution in [0, 0.1) is 5.92 Å². The van der Waals surface area contributed by atoms with Gasteiger partial charge in [-0.2, -0.15) is 0 Å². The summed E-state index contributed by atoms with van der Waals surface area (Å²) in [5.41, 5.74) is 0.900. The van der Waals surface area contributed by atoms with Crippen molar-refractivity contribution in [2.45, 2.75) is 65.1 Å². The second-order valence-electron chi connectivity index (χ2n) is 10.2. The van der Waals surface area contributed by atoms with Gasteiger partial charge in [-0.15, -0.1) is 5.10 Å². The third-order valence-electron chi connectivity index (χ3n) is 7.08. The zero-order valence-corrected chi connectivity index (χ0v) is 21.2. The molecule has 1 aliphatic heterocycles. The summed E-state index contributed by atoms with van der Waals surface area (Å²) >= 11 is 0. The molecular weight excluding hydrogens is 460 g/mol. The van der Waals surface area contributed by atoms with Crippen molar-refractivity contribution in [3.05, 3.63) is 64.1 Å². The highest BCUT2D eigenvalue weighted by Crippen LogP contribution is 2.38. The first-order chi connectivity index (χ1) is 17.3. The number of fused-ring (bicyclic) bond motifs is 2. The molecule has 0 radical (unpaired) electrons. The van der Waals surface area contributed by atoms with E-state index in [1.54, 1.807) is 12.3 Å². The van der Waals surface area contributed by atoms with Gasteiger partial charge in [0.05, 0.1) is 23.4 Å². The standard InChI is InChI=1S/C26H32N6O4/c1-6-26(4,5)32-24(29-30-31-32)22(15(2)3)23(19-8-7-9-34-19)27-13-17-10-16-11-20-21(36-14-35-20)12-18(16)28-25(17)33/h7-12,15,22-23,27H,6,13-14H2,1-5H3,(H,28,33). The molecule has 0 aliphatic carbocycles. The van der Waals surface area contributed by atoms with Crippen LogP contribution in [-0.4, -0.2) is 32.0 Å². The van der Waals surface area contributed by atoms with E-state index in [4.69, 9.17) is 13.9 Å². The van der Waals surface area contributed by atoms with Crippen LogP contribution in [0.5, 0.6) is 11.5 Å². The fourth-order valence-corrected chi connectivity index (χ4v) is 4.68. The summed E-state index contributed by atoms with van der Waals surface area (Å²) in [4.78, 5) is 15.9. The van der Waals surface area contributed by atoms with E-state index in [0.29, 0.717) is 29.1 Å². The normalized spacial score (nSPS) is 15.1. The Kier molecular flexibility index (Phi) is 6.29. The number of hydrogen-bond acceptors (Lipinski definition) is 8. The van der Waals surface area contributed by atoms with E-state index < -0.39 is 0 Å². The van der Waals surface area contributed by atoms with Gasteiger partial charge in [0, 0.05) is 29.5 Å². The molecule has 0 amide bonds. The molecule has 0 saturated carbocycles. The summed E-state index contributed by atoms with van der Waals surface area (Å²) in [7, 11) is 0. The second-order valence-corrected chi connectivity index (χ2v) is 10.2. The third kappa shape index (κ3) is 4.37. The van der Waals surface area contributed by atoms with Crippen molar-refractivity contribution in [2.24, 2.45) is 5.92 Å². The number of nitrogens with zero attached hydrogens (tertiary/aromatic N) is 4. The van der Waals surface area contributed by atoms with Crippen LogP contribution in [0.15, 0.2) is 45.8 Å². The molecule has 0 fully saturated rings. The summed E-state index contributed by atoms with van der Waals surface area (Å²) < 4.78 is 18.7. The first-order valence-corrected chi connectivity index (χ1v) is 12.3. The molecule has 2 N–H and O–H groups in total. The number of nitrogens with one attached hydrogen (secondary N) is 2. The van der Waals surface area contributed by atoms with E-state index in [2.05, 4.69) is 60.4 Å². The molecule has 10 nitrogen and oxygen atoms in total. The number of rotatable bonds is 9. The number of H-pyrrole nitrogens is 1. The molecule has 1 aromatic carbocycles. The quantitative estimate of drug-likeness (QED) is 0.356. The fraction of sp³-hybridized carbons (Fsp3) is 0.462. The Morgan fingerprint density at radius 1 is 1.19 bits per heavy atom. The van der Waals surface area contributed by atoms with Gasteiger partial charge >= 0.3 is 0 Å². The number of aromatic amines is 1.